The first-order valence-electron chi connectivity index (χ1n) is 3.41. The fourth-order valence-electron chi connectivity index (χ4n) is 0.921. The van der Waals surface area contributed by atoms with Crippen LogP contribution in [0.25, 0.3) is 0 Å². The molecule has 0 bridgehead atoms. The van der Waals surface area contributed by atoms with Crippen molar-refractivity contribution in [1.82, 2.24) is 4.98 Å². The summed E-state index contributed by atoms with van der Waals surface area (Å²) in [4.78, 5) is 13.9. The van der Waals surface area contributed by atoms with E-state index in [1.165, 1.54) is 6.92 Å². The van der Waals surface area contributed by atoms with E-state index in [0.29, 0.717) is 5.01 Å². The molecule has 13 heavy (non-hydrogen) atoms. The Hall–Kier alpha value is -1.04. The molecule has 72 valence electrons. The first-order chi connectivity index (χ1) is 5.85. The van der Waals surface area contributed by atoms with Crippen LogP contribution in [0, 0.1) is 13.8 Å². The second-order valence-electron chi connectivity index (χ2n) is 2.52. The van der Waals surface area contributed by atoms with E-state index in [2.05, 4.69) is 4.98 Å². The van der Waals surface area contributed by atoms with Crippen molar-refractivity contribution in [3.8, 4) is 0 Å². The third-order valence-corrected chi connectivity index (χ3v) is 2.36. The maximum absolute atomic E-state index is 12.9. The first-order valence-corrected chi connectivity index (χ1v) is 4.23. The number of hydrogen-bond donors (Lipinski definition) is 1. The van der Waals surface area contributed by atoms with E-state index in [4.69, 9.17) is 5.11 Å². The lowest BCUT2D eigenvalue weighted by molar-refractivity contribution is -0.166. The predicted molar refractivity (Wildman–Crippen MR) is 43.1 cm³/mol. The van der Waals surface area contributed by atoms with Crippen molar-refractivity contribution < 1.29 is 18.7 Å². The van der Waals surface area contributed by atoms with E-state index >= 15 is 0 Å². The average Bonchev–Trinajstić information content (AvgIpc) is 2.30. The summed E-state index contributed by atoms with van der Waals surface area (Å²) in [5.41, 5.74) is -0.650. The Bertz CT molecular complexity index is 348. The van der Waals surface area contributed by atoms with E-state index in [1.807, 2.05) is 0 Å². The molecule has 0 spiro atoms. The maximum atomic E-state index is 12.9. The van der Waals surface area contributed by atoms with Gasteiger partial charge in [0.25, 0.3) is 0 Å². The summed E-state index contributed by atoms with van der Waals surface area (Å²) in [5, 5.41) is 8.68. The van der Waals surface area contributed by atoms with Gasteiger partial charge in [-0.25, -0.2) is 9.78 Å². The lowest BCUT2D eigenvalue weighted by Crippen LogP contribution is -2.26. The summed E-state index contributed by atoms with van der Waals surface area (Å²) in [6.07, 6.45) is 0. The third-order valence-electron chi connectivity index (χ3n) is 1.47. The minimum absolute atomic E-state index is 0.241. The van der Waals surface area contributed by atoms with Gasteiger partial charge in [0.2, 0.25) is 0 Å². The number of alkyl halides is 2. The fraction of sp³-hybridized carbons (Fsp3) is 0.429. The topological polar surface area (TPSA) is 50.2 Å². The van der Waals surface area contributed by atoms with Gasteiger partial charge in [-0.2, -0.15) is 8.78 Å². The molecule has 1 aromatic heterocycles. The third kappa shape index (κ3) is 1.67. The van der Waals surface area contributed by atoms with Crippen LogP contribution in [0.2, 0.25) is 0 Å². The molecular formula is C7H7F2NO2S. The SMILES string of the molecule is Cc1nc(C(F)(F)C(=O)O)c(C)s1. The highest BCUT2D eigenvalue weighted by Crippen LogP contribution is 2.32. The van der Waals surface area contributed by atoms with E-state index in [1.54, 1.807) is 6.92 Å². The summed E-state index contributed by atoms with van der Waals surface area (Å²) >= 11 is 1.06. The Kier molecular flexibility index (Phi) is 2.34. The number of aryl methyl sites for hydroxylation is 2. The number of nitrogens with zero attached hydrogens (tertiary/aromatic N) is 1. The first kappa shape index (κ1) is 10.0. The average molecular weight is 207 g/mol. The van der Waals surface area contributed by atoms with Gasteiger partial charge in [0, 0.05) is 4.88 Å². The number of aliphatic carboxylic acids is 1. The van der Waals surface area contributed by atoms with E-state index < -0.39 is 17.6 Å². The van der Waals surface area contributed by atoms with Gasteiger partial charge in [-0.1, -0.05) is 0 Å². The molecule has 0 radical (unpaired) electrons. The number of rotatable bonds is 2. The maximum Gasteiger partial charge on any atom is 0.385 e. The zero-order chi connectivity index (χ0) is 10.2. The summed E-state index contributed by atoms with van der Waals surface area (Å²) < 4.78 is 25.8. The van der Waals surface area contributed by atoms with Crippen LogP contribution in [0.1, 0.15) is 15.6 Å². The van der Waals surface area contributed by atoms with Gasteiger partial charge in [0.05, 0.1) is 5.01 Å². The van der Waals surface area contributed by atoms with E-state index in [9.17, 15) is 13.6 Å². The molecule has 1 aromatic rings. The summed E-state index contributed by atoms with van der Waals surface area (Å²) in [7, 11) is 0. The van der Waals surface area contributed by atoms with Crippen LogP contribution in [0.5, 0.6) is 0 Å². The van der Waals surface area contributed by atoms with E-state index in [0.717, 1.165) is 11.3 Å². The Labute approximate surface area is 77.0 Å². The standard InChI is InChI=1S/C7H7F2NO2S/c1-3-5(10-4(2)13-3)7(8,9)6(11)12/h1-2H3,(H,11,12). The summed E-state index contributed by atoms with van der Waals surface area (Å²) in [5.74, 6) is -6.05. The smallest absolute Gasteiger partial charge is 0.385 e. The molecule has 0 atom stereocenters. The van der Waals surface area contributed by atoms with E-state index in [-0.39, 0.29) is 4.88 Å². The van der Waals surface area contributed by atoms with Crippen molar-refractivity contribution in [2.24, 2.45) is 0 Å². The predicted octanol–water partition coefficient (Wildman–Crippen LogP) is 1.94. The zero-order valence-corrected chi connectivity index (χ0v) is 7.78. The quantitative estimate of drug-likeness (QED) is 0.806. The molecule has 0 unspecified atom stereocenters. The lowest BCUT2D eigenvalue weighted by Gasteiger charge is -2.08. The molecule has 6 heteroatoms. The van der Waals surface area contributed by atoms with Crippen molar-refractivity contribution in [1.29, 1.82) is 0 Å². The largest absolute Gasteiger partial charge is 0.476 e. The van der Waals surface area contributed by atoms with Crippen molar-refractivity contribution >= 4 is 17.3 Å². The summed E-state index contributed by atoms with van der Waals surface area (Å²) in [6, 6.07) is 0. The number of thiazole rings is 1. The molecule has 0 aliphatic carbocycles. The van der Waals surface area contributed by atoms with Crippen LogP contribution in [-0.4, -0.2) is 16.1 Å². The Morgan fingerprint density at radius 3 is 2.38 bits per heavy atom. The molecule has 0 saturated heterocycles. The van der Waals surface area contributed by atoms with Gasteiger partial charge in [-0.15, -0.1) is 11.3 Å². The van der Waals surface area contributed by atoms with Gasteiger partial charge < -0.3 is 5.11 Å². The highest BCUT2D eigenvalue weighted by atomic mass is 32.1. The normalized spacial score (nSPS) is 11.7. The Balaban J connectivity index is 3.21. The molecule has 0 aliphatic rings. The van der Waals surface area contributed by atoms with Crippen LogP contribution in [0.3, 0.4) is 0 Å². The monoisotopic (exact) mass is 207 g/mol. The summed E-state index contributed by atoms with van der Waals surface area (Å²) in [6.45, 7) is 2.98. The molecule has 0 aliphatic heterocycles. The van der Waals surface area contributed by atoms with Crippen molar-refractivity contribution in [2.75, 3.05) is 0 Å². The van der Waals surface area contributed by atoms with Crippen LogP contribution >= 0.6 is 11.3 Å². The molecule has 1 heterocycles. The number of hydrogen-bond acceptors (Lipinski definition) is 3. The van der Waals surface area contributed by atoms with Crippen molar-refractivity contribution in [2.45, 2.75) is 19.8 Å². The fourth-order valence-corrected chi connectivity index (χ4v) is 1.77. The molecular weight excluding hydrogens is 200 g/mol. The highest BCUT2D eigenvalue weighted by molar-refractivity contribution is 7.11. The lowest BCUT2D eigenvalue weighted by atomic mass is 10.2. The van der Waals surface area contributed by atoms with Gasteiger partial charge in [-0.05, 0) is 13.8 Å². The molecule has 1 N–H and O–H groups in total. The minimum Gasteiger partial charge on any atom is -0.476 e. The number of carboxylic acids is 1. The van der Waals surface area contributed by atoms with Crippen LogP contribution in [-0.2, 0) is 10.7 Å². The second kappa shape index (κ2) is 3.02. The van der Waals surface area contributed by atoms with Gasteiger partial charge in [-0.3, -0.25) is 0 Å². The molecule has 0 saturated carbocycles. The number of halogens is 2. The van der Waals surface area contributed by atoms with Crippen molar-refractivity contribution in [3.05, 3.63) is 15.6 Å². The number of carbonyl (C=O) groups is 1. The Morgan fingerprint density at radius 2 is 2.08 bits per heavy atom. The molecule has 0 fully saturated rings. The van der Waals surface area contributed by atoms with Gasteiger partial charge in [0.1, 0.15) is 5.69 Å². The molecule has 3 nitrogen and oxygen atoms in total. The molecule has 1 rings (SSSR count). The van der Waals surface area contributed by atoms with Crippen LogP contribution < -0.4 is 0 Å². The Morgan fingerprint density at radius 1 is 1.54 bits per heavy atom. The van der Waals surface area contributed by atoms with Crippen LogP contribution in [0.15, 0.2) is 0 Å². The zero-order valence-electron chi connectivity index (χ0n) is 6.97. The second-order valence-corrected chi connectivity index (χ2v) is 3.92. The minimum atomic E-state index is -3.88. The molecule has 0 aromatic carbocycles. The van der Waals surface area contributed by atoms with Crippen molar-refractivity contribution in [3.63, 3.8) is 0 Å². The van der Waals surface area contributed by atoms with Crippen LogP contribution in [0.4, 0.5) is 8.78 Å². The highest BCUT2D eigenvalue weighted by Gasteiger charge is 2.44. The number of aromatic nitrogens is 1. The molecule has 0 amide bonds. The van der Waals surface area contributed by atoms with Gasteiger partial charge in [0.15, 0.2) is 0 Å². The van der Waals surface area contributed by atoms with Gasteiger partial charge >= 0.3 is 11.9 Å². The number of carboxylic acid groups (broad SMARTS) is 1.